The van der Waals surface area contributed by atoms with Gasteiger partial charge in [-0.05, 0) is 23.8 Å². The Morgan fingerprint density at radius 1 is 0.818 bits per heavy atom. The molecule has 4 heteroatoms. The Morgan fingerprint density at radius 2 is 1.55 bits per heavy atom. The highest BCUT2D eigenvalue weighted by molar-refractivity contribution is 7.21. The molecule has 0 bridgehead atoms. The smallest absolute Gasteiger partial charge is 0.231 e. The summed E-state index contributed by atoms with van der Waals surface area (Å²) < 4.78 is 5.90. The summed E-state index contributed by atoms with van der Waals surface area (Å²) in [4.78, 5) is 10.7. The first-order valence-corrected chi connectivity index (χ1v) is 7.75. The molecule has 0 atom stereocenters. The Kier molecular flexibility index (Phi) is 3.29. The molecule has 0 saturated carbocycles. The Bertz CT molecular complexity index is 904. The van der Waals surface area contributed by atoms with Gasteiger partial charge in [0.1, 0.15) is 16.9 Å². The monoisotopic (exact) mass is 304 g/mol. The fourth-order valence-corrected chi connectivity index (χ4v) is 3.26. The van der Waals surface area contributed by atoms with Gasteiger partial charge in [0.2, 0.25) is 5.88 Å². The van der Waals surface area contributed by atoms with Crippen LogP contribution in [0.2, 0.25) is 0 Å². The largest absolute Gasteiger partial charge is 0.438 e. The van der Waals surface area contributed by atoms with Crippen LogP contribution in [0.15, 0.2) is 73.1 Å². The maximum Gasteiger partial charge on any atom is 0.231 e. The molecular weight excluding hydrogens is 292 g/mol. The fourth-order valence-electron chi connectivity index (χ4n) is 2.26. The number of nitrogens with zero attached hydrogens (tertiary/aromatic N) is 2. The number of aromatic nitrogens is 2. The third-order valence-electron chi connectivity index (χ3n) is 3.31. The standard InChI is InChI=1S/C18H12N2OS/c1-3-7-13(8-4-1)16-11-15-17(19-12-20-18(15)22-16)21-14-9-5-2-6-10-14/h1-12H. The summed E-state index contributed by atoms with van der Waals surface area (Å²) in [7, 11) is 0. The van der Waals surface area contributed by atoms with Crippen LogP contribution in [0.1, 0.15) is 0 Å². The topological polar surface area (TPSA) is 35.0 Å². The van der Waals surface area contributed by atoms with E-state index in [1.54, 1.807) is 17.7 Å². The minimum absolute atomic E-state index is 0.592. The van der Waals surface area contributed by atoms with E-state index in [1.165, 1.54) is 5.56 Å². The summed E-state index contributed by atoms with van der Waals surface area (Å²) >= 11 is 1.64. The zero-order valence-corrected chi connectivity index (χ0v) is 12.5. The second-order valence-corrected chi connectivity index (χ2v) is 5.82. The quantitative estimate of drug-likeness (QED) is 0.525. The van der Waals surface area contributed by atoms with Crippen LogP contribution in [0.25, 0.3) is 20.7 Å². The van der Waals surface area contributed by atoms with Crippen LogP contribution in [0.5, 0.6) is 11.6 Å². The number of hydrogen-bond donors (Lipinski definition) is 0. The van der Waals surface area contributed by atoms with Gasteiger partial charge in [-0.3, -0.25) is 0 Å². The van der Waals surface area contributed by atoms with Gasteiger partial charge in [0.15, 0.2) is 0 Å². The van der Waals surface area contributed by atoms with Crippen molar-refractivity contribution >= 4 is 21.6 Å². The van der Waals surface area contributed by atoms with Crippen molar-refractivity contribution in [3.63, 3.8) is 0 Å². The molecule has 0 aliphatic rings. The molecule has 3 nitrogen and oxygen atoms in total. The summed E-state index contributed by atoms with van der Waals surface area (Å²) in [5.41, 5.74) is 1.18. The van der Waals surface area contributed by atoms with Crippen LogP contribution in [0, 0.1) is 0 Å². The van der Waals surface area contributed by atoms with E-state index in [2.05, 4.69) is 28.2 Å². The minimum Gasteiger partial charge on any atom is -0.438 e. The summed E-state index contributed by atoms with van der Waals surface area (Å²) in [6, 6.07) is 22.0. The third-order valence-corrected chi connectivity index (χ3v) is 4.40. The number of thiophene rings is 1. The highest BCUT2D eigenvalue weighted by atomic mass is 32.1. The van der Waals surface area contributed by atoms with Crippen molar-refractivity contribution in [2.75, 3.05) is 0 Å². The second-order valence-electron chi connectivity index (χ2n) is 4.79. The van der Waals surface area contributed by atoms with Crippen molar-refractivity contribution in [1.82, 2.24) is 9.97 Å². The van der Waals surface area contributed by atoms with Gasteiger partial charge < -0.3 is 4.74 Å². The Labute approximate surface area is 131 Å². The molecule has 4 rings (SSSR count). The molecule has 2 aromatic carbocycles. The van der Waals surface area contributed by atoms with Crippen molar-refractivity contribution in [2.24, 2.45) is 0 Å². The molecular formula is C18H12N2OS. The first kappa shape index (κ1) is 13.0. The lowest BCUT2D eigenvalue weighted by Gasteiger charge is -2.04. The van der Waals surface area contributed by atoms with E-state index in [-0.39, 0.29) is 0 Å². The fraction of sp³-hybridized carbons (Fsp3) is 0. The molecule has 22 heavy (non-hydrogen) atoms. The maximum absolute atomic E-state index is 5.90. The van der Waals surface area contributed by atoms with Crippen molar-refractivity contribution in [2.45, 2.75) is 0 Å². The third kappa shape index (κ3) is 2.44. The predicted molar refractivity (Wildman–Crippen MR) is 89.4 cm³/mol. The second kappa shape index (κ2) is 5.58. The number of hydrogen-bond acceptors (Lipinski definition) is 4. The molecule has 0 radical (unpaired) electrons. The molecule has 0 amide bonds. The highest BCUT2D eigenvalue weighted by Crippen LogP contribution is 2.36. The molecule has 4 aromatic rings. The van der Waals surface area contributed by atoms with E-state index in [1.807, 2.05) is 48.5 Å². The van der Waals surface area contributed by atoms with Gasteiger partial charge in [-0.25, -0.2) is 9.97 Å². The summed E-state index contributed by atoms with van der Waals surface area (Å²) in [6.07, 6.45) is 1.55. The van der Waals surface area contributed by atoms with Crippen LogP contribution >= 0.6 is 11.3 Å². The molecule has 0 unspecified atom stereocenters. The molecule has 0 aliphatic heterocycles. The van der Waals surface area contributed by atoms with Crippen LogP contribution in [0.4, 0.5) is 0 Å². The lowest BCUT2D eigenvalue weighted by atomic mass is 10.2. The SMILES string of the molecule is c1ccc(Oc2ncnc3sc(-c4ccccc4)cc23)cc1. The first-order chi connectivity index (χ1) is 10.9. The lowest BCUT2D eigenvalue weighted by molar-refractivity contribution is 0.468. The zero-order valence-electron chi connectivity index (χ0n) is 11.6. The molecule has 2 aromatic heterocycles. The Morgan fingerprint density at radius 3 is 2.32 bits per heavy atom. The van der Waals surface area contributed by atoms with E-state index in [9.17, 15) is 0 Å². The van der Waals surface area contributed by atoms with Gasteiger partial charge in [0.05, 0.1) is 5.39 Å². The Hall–Kier alpha value is -2.72. The summed E-state index contributed by atoms with van der Waals surface area (Å²) in [5.74, 6) is 1.37. The summed E-state index contributed by atoms with van der Waals surface area (Å²) in [6.45, 7) is 0. The number of para-hydroxylation sites is 1. The Balaban J connectivity index is 1.78. The van der Waals surface area contributed by atoms with E-state index in [0.717, 1.165) is 20.8 Å². The average molecular weight is 304 g/mol. The highest BCUT2D eigenvalue weighted by Gasteiger charge is 2.11. The molecule has 0 spiro atoms. The molecule has 106 valence electrons. The van der Waals surface area contributed by atoms with Crippen molar-refractivity contribution < 1.29 is 4.74 Å². The molecule has 0 saturated heterocycles. The molecule has 2 heterocycles. The predicted octanol–water partition coefficient (Wildman–Crippen LogP) is 5.15. The average Bonchev–Trinajstić information content (AvgIpc) is 3.02. The van der Waals surface area contributed by atoms with E-state index in [4.69, 9.17) is 4.74 Å². The van der Waals surface area contributed by atoms with Crippen LogP contribution in [-0.4, -0.2) is 9.97 Å². The van der Waals surface area contributed by atoms with Gasteiger partial charge in [-0.2, -0.15) is 0 Å². The summed E-state index contributed by atoms with van der Waals surface area (Å²) in [5, 5.41) is 0.940. The van der Waals surface area contributed by atoms with Gasteiger partial charge in [0, 0.05) is 4.88 Å². The zero-order chi connectivity index (χ0) is 14.8. The van der Waals surface area contributed by atoms with Crippen molar-refractivity contribution in [1.29, 1.82) is 0 Å². The maximum atomic E-state index is 5.90. The van der Waals surface area contributed by atoms with Gasteiger partial charge in [-0.1, -0.05) is 48.5 Å². The van der Waals surface area contributed by atoms with Crippen molar-refractivity contribution in [3.8, 4) is 22.1 Å². The number of ether oxygens (including phenoxy) is 1. The van der Waals surface area contributed by atoms with Crippen molar-refractivity contribution in [3.05, 3.63) is 73.1 Å². The van der Waals surface area contributed by atoms with Crippen LogP contribution < -0.4 is 4.74 Å². The molecule has 0 N–H and O–H groups in total. The van der Waals surface area contributed by atoms with Gasteiger partial charge >= 0.3 is 0 Å². The minimum atomic E-state index is 0.592. The molecule has 0 aliphatic carbocycles. The van der Waals surface area contributed by atoms with Gasteiger partial charge in [0.25, 0.3) is 0 Å². The number of rotatable bonds is 3. The number of fused-ring (bicyclic) bond motifs is 1. The van der Waals surface area contributed by atoms with Gasteiger partial charge in [-0.15, -0.1) is 11.3 Å². The lowest BCUT2D eigenvalue weighted by Crippen LogP contribution is -1.88. The van der Waals surface area contributed by atoms with E-state index in [0.29, 0.717) is 5.88 Å². The van der Waals surface area contributed by atoms with Crippen LogP contribution in [-0.2, 0) is 0 Å². The van der Waals surface area contributed by atoms with Crippen LogP contribution in [0.3, 0.4) is 0 Å². The number of benzene rings is 2. The normalized spacial score (nSPS) is 10.7. The van der Waals surface area contributed by atoms with E-state index < -0.39 is 0 Å². The van der Waals surface area contributed by atoms with E-state index >= 15 is 0 Å². The first-order valence-electron chi connectivity index (χ1n) is 6.93. The molecule has 0 fully saturated rings.